The first-order valence-corrected chi connectivity index (χ1v) is 7.53. The standard InChI is InChI=1S/C13H9F3N2O4S/c14-13(15,16)11-3-1-2-4-12(11)23(21,22)17-9-5-7-10(8-6-9)18(19)20/h1-8,17H. The van der Waals surface area contributed by atoms with Gasteiger partial charge in [0.05, 0.1) is 15.4 Å². The number of non-ortho nitro benzene ring substituents is 1. The highest BCUT2D eigenvalue weighted by molar-refractivity contribution is 7.92. The molecule has 0 spiro atoms. The predicted molar refractivity (Wildman–Crippen MR) is 75.3 cm³/mol. The molecule has 0 amide bonds. The van der Waals surface area contributed by atoms with Crippen molar-refractivity contribution in [1.82, 2.24) is 0 Å². The van der Waals surface area contributed by atoms with E-state index in [4.69, 9.17) is 0 Å². The molecule has 10 heteroatoms. The van der Waals surface area contributed by atoms with Crippen LogP contribution in [0.15, 0.2) is 53.4 Å². The molecule has 0 aliphatic heterocycles. The largest absolute Gasteiger partial charge is 0.417 e. The van der Waals surface area contributed by atoms with E-state index in [2.05, 4.69) is 0 Å². The zero-order valence-corrected chi connectivity index (χ0v) is 12.1. The number of nitro benzene ring substituents is 1. The van der Waals surface area contributed by atoms with Crippen LogP contribution in [0.4, 0.5) is 24.5 Å². The highest BCUT2D eigenvalue weighted by atomic mass is 32.2. The van der Waals surface area contributed by atoms with Crippen molar-refractivity contribution in [3.8, 4) is 0 Å². The zero-order chi connectivity index (χ0) is 17.3. The molecule has 0 saturated carbocycles. The van der Waals surface area contributed by atoms with Gasteiger partial charge in [0.1, 0.15) is 0 Å². The minimum absolute atomic E-state index is 0.0902. The molecule has 0 fully saturated rings. The van der Waals surface area contributed by atoms with Crippen LogP contribution in [0.1, 0.15) is 5.56 Å². The van der Waals surface area contributed by atoms with E-state index in [1.165, 1.54) is 6.07 Å². The number of benzene rings is 2. The average molecular weight is 346 g/mol. The van der Waals surface area contributed by atoms with Crippen molar-refractivity contribution >= 4 is 21.4 Å². The summed E-state index contributed by atoms with van der Waals surface area (Å²) in [7, 11) is -4.50. The summed E-state index contributed by atoms with van der Waals surface area (Å²) in [6.45, 7) is 0. The number of anilines is 1. The molecule has 0 aromatic heterocycles. The van der Waals surface area contributed by atoms with Gasteiger partial charge in [-0.15, -0.1) is 0 Å². The molecule has 0 saturated heterocycles. The molecular formula is C13H9F3N2O4S. The monoisotopic (exact) mass is 346 g/mol. The fourth-order valence-electron chi connectivity index (χ4n) is 1.80. The van der Waals surface area contributed by atoms with Gasteiger partial charge >= 0.3 is 6.18 Å². The first-order valence-electron chi connectivity index (χ1n) is 6.05. The Bertz CT molecular complexity index is 833. The lowest BCUT2D eigenvalue weighted by atomic mass is 10.2. The first kappa shape index (κ1) is 16.7. The molecule has 0 radical (unpaired) electrons. The Kier molecular flexibility index (Phi) is 4.28. The number of halogens is 3. The Labute approximate surface area is 128 Å². The maximum atomic E-state index is 12.9. The van der Waals surface area contributed by atoms with Crippen LogP contribution in [0.3, 0.4) is 0 Å². The SMILES string of the molecule is O=[N+]([O-])c1ccc(NS(=O)(=O)c2ccccc2C(F)(F)F)cc1. The van der Waals surface area contributed by atoms with Crippen LogP contribution in [0.2, 0.25) is 0 Å². The van der Waals surface area contributed by atoms with Gasteiger partial charge < -0.3 is 0 Å². The second-order valence-corrected chi connectivity index (χ2v) is 6.05. The molecule has 0 bridgehead atoms. The van der Waals surface area contributed by atoms with Crippen LogP contribution in [-0.2, 0) is 16.2 Å². The number of rotatable bonds is 4. The summed E-state index contributed by atoms with van der Waals surface area (Å²) in [4.78, 5) is 8.91. The van der Waals surface area contributed by atoms with E-state index >= 15 is 0 Å². The summed E-state index contributed by atoms with van der Waals surface area (Å²) in [5.41, 5.74) is -1.66. The van der Waals surface area contributed by atoms with Crippen molar-refractivity contribution in [3.05, 3.63) is 64.2 Å². The van der Waals surface area contributed by atoms with E-state index in [0.29, 0.717) is 6.07 Å². The third-order valence-electron chi connectivity index (χ3n) is 2.81. The molecule has 0 aliphatic rings. The summed E-state index contributed by atoms with van der Waals surface area (Å²) < 4.78 is 64.9. The second-order valence-electron chi connectivity index (χ2n) is 4.40. The van der Waals surface area contributed by atoms with Gasteiger partial charge in [-0.1, -0.05) is 12.1 Å². The molecule has 1 N–H and O–H groups in total. The van der Waals surface area contributed by atoms with E-state index in [0.717, 1.165) is 36.4 Å². The van der Waals surface area contributed by atoms with Gasteiger partial charge in [-0.2, -0.15) is 13.2 Å². The average Bonchev–Trinajstić information content (AvgIpc) is 2.46. The molecule has 2 aromatic carbocycles. The van der Waals surface area contributed by atoms with Crippen molar-refractivity contribution in [2.45, 2.75) is 11.1 Å². The van der Waals surface area contributed by atoms with E-state index in [1.807, 2.05) is 4.72 Å². The Morgan fingerprint density at radius 2 is 1.57 bits per heavy atom. The highest BCUT2D eigenvalue weighted by Crippen LogP contribution is 2.34. The van der Waals surface area contributed by atoms with Crippen molar-refractivity contribution in [3.63, 3.8) is 0 Å². The number of nitrogens with zero attached hydrogens (tertiary/aromatic N) is 1. The van der Waals surface area contributed by atoms with Gasteiger partial charge in [0.25, 0.3) is 15.7 Å². The van der Waals surface area contributed by atoms with E-state index in [1.54, 1.807) is 0 Å². The lowest BCUT2D eigenvalue weighted by Crippen LogP contribution is -2.18. The molecule has 0 aliphatic carbocycles. The van der Waals surface area contributed by atoms with E-state index < -0.39 is 31.6 Å². The first-order chi connectivity index (χ1) is 10.6. The van der Waals surface area contributed by atoms with Crippen LogP contribution in [-0.4, -0.2) is 13.3 Å². The molecule has 2 rings (SSSR count). The fraction of sp³-hybridized carbons (Fsp3) is 0.0769. The van der Waals surface area contributed by atoms with Crippen LogP contribution in [0.25, 0.3) is 0 Å². The van der Waals surface area contributed by atoms with Gasteiger partial charge in [0.2, 0.25) is 0 Å². The number of nitro groups is 1. The lowest BCUT2D eigenvalue weighted by molar-refractivity contribution is -0.384. The van der Waals surface area contributed by atoms with Crippen molar-refractivity contribution in [2.75, 3.05) is 4.72 Å². The summed E-state index contributed by atoms with van der Waals surface area (Å²) >= 11 is 0. The lowest BCUT2D eigenvalue weighted by Gasteiger charge is -2.14. The van der Waals surface area contributed by atoms with Gasteiger partial charge in [-0.05, 0) is 24.3 Å². The van der Waals surface area contributed by atoms with Crippen LogP contribution in [0.5, 0.6) is 0 Å². The fourth-order valence-corrected chi connectivity index (χ4v) is 3.08. The maximum Gasteiger partial charge on any atom is 0.417 e. The molecule has 122 valence electrons. The van der Waals surface area contributed by atoms with Crippen molar-refractivity contribution in [2.24, 2.45) is 0 Å². The van der Waals surface area contributed by atoms with Crippen LogP contribution < -0.4 is 4.72 Å². The number of nitrogens with one attached hydrogen (secondary N) is 1. The Morgan fingerprint density at radius 3 is 2.09 bits per heavy atom. The van der Waals surface area contributed by atoms with E-state index in [9.17, 15) is 31.7 Å². The molecule has 0 atom stereocenters. The van der Waals surface area contributed by atoms with Crippen molar-refractivity contribution < 1.29 is 26.5 Å². The summed E-state index contributed by atoms with van der Waals surface area (Å²) in [6.07, 6.45) is -4.83. The Balaban J connectivity index is 2.38. The highest BCUT2D eigenvalue weighted by Gasteiger charge is 2.36. The number of alkyl halides is 3. The topological polar surface area (TPSA) is 89.3 Å². The molecular weight excluding hydrogens is 337 g/mol. The predicted octanol–water partition coefficient (Wildman–Crippen LogP) is 3.41. The maximum absolute atomic E-state index is 12.9. The Hall–Kier alpha value is -2.62. The minimum atomic E-state index is -4.83. The van der Waals surface area contributed by atoms with Crippen LogP contribution in [0, 0.1) is 10.1 Å². The van der Waals surface area contributed by atoms with Gasteiger partial charge in [-0.3, -0.25) is 14.8 Å². The number of hydrogen-bond acceptors (Lipinski definition) is 4. The third-order valence-corrected chi connectivity index (χ3v) is 4.25. The molecule has 6 nitrogen and oxygen atoms in total. The summed E-state index contributed by atoms with van der Waals surface area (Å²) in [5, 5.41) is 10.5. The molecule has 23 heavy (non-hydrogen) atoms. The van der Waals surface area contributed by atoms with Gasteiger partial charge in [0, 0.05) is 17.8 Å². The number of sulfonamides is 1. The van der Waals surface area contributed by atoms with Crippen LogP contribution >= 0.6 is 0 Å². The third kappa shape index (κ3) is 3.77. The second kappa shape index (κ2) is 5.88. The quantitative estimate of drug-likeness (QED) is 0.678. The molecule has 0 heterocycles. The Morgan fingerprint density at radius 1 is 1.00 bits per heavy atom. The zero-order valence-electron chi connectivity index (χ0n) is 11.2. The van der Waals surface area contributed by atoms with Gasteiger partial charge in [-0.25, -0.2) is 8.42 Å². The van der Waals surface area contributed by atoms with E-state index in [-0.39, 0.29) is 11.4 Å². The molecule has 2 aromatic rings. The van der Waals surface area contributed by atoms with Gasteiger partial charge in [0.15, 0.2) is 0 Å². The summed E-state index contributed by atoms with van der Waals surface area (Å²) in [5.74, 6) is 0. The molecule has 0 unspecified atom stereocenters. The smallest absolute Gasteiger partial charge is 0.280 e. The summed E-state index contributed by atoms with van der Waals surface area (Å²) in [6, 6.07) is 7.98. The number of hydrogen-bond donors (Lipinski definition) is 1. The van der Waals surface area contributed by atoms with Crippen molar-refractivity contribution in [1.29, 1.82) is 0 Å². The minimum Gasteiger partial charge on any atom is -0.280 e. The normalized spacial score (nSPS) is 12.0.